The molecule has 1 aliphatic rings. The van der Waals surface area contributed by atoms with Crippen molar-refractivity contribution in [2.45, 2.75) is 198 Å². The molecule has 0 saturated carbocycles. The van der Waals surface area contributed by atoms with Crippen molar-refractivity contribution in [2.24, 2.45) is 40.5 Å². The lowest BCUT2D eigenvalue weighted by molar-refractivity contribution is -0.137. The van der Waals surface area contributed by atoms with Crippen molar-refractivity contribution in [1.82, 2.24) is 58.5 Å². The van der Waals surface area contributed by atoms with Gasteiger partial charge in [-0.15, -0.1) is 0 Å². The maximum Gasteiger partial charge on any atom is 0.394 e. The second-order valence-corrected chi connectivity index (χ2v) is 23.4. The quantitative estimate of drug-likeness (QED) is 0.0262. The van der Waals surface area contributed by atoms with E-state index in [0.29, 0.717) is 17.9 Å². The van der Waals surface area contributed by atoms with Crippen LogP contribution < -0.4 is 87.2 Å². The summed E-state index contributed by atoms with van der Waals surface area (Å²) in [6, 6.07) is -6.23. The third kappa shape index (κ3) is 32.1. The fourth-order valence-electron chi connectivity index (χ4n) is 9.12. The van der Waals surface area contributed by atoms with Crippen LogP contribution in [0.1, 0.15) is 124 Å². The number of nitrogens with two attached hydrogens (primary N) is 5. The molecule has 1 heterocycles. The molecule has 0 bridgehead atoms. The van der Waals surface area contributed by atoms with Gasteiger partial charge < -0.3 is 97.4 Å². The van der Waals surface area contributed by atoms with Gasteiger partial charge in [0.2, 0.25) is 65.0 Å². The Morgan fingerprint density at radius 3 is 1.52 bits per heavy atom. The largest absolute Gasteiger partial charge is 0.394 e. The van der Waals surface area contributed by atoms with E-state index < -0.39 is 161 Å². The topological polar surface area (TPSA) is 565 Å². The van der Waals surface area contributed by atoms with Crippen molar-refractivity contribution < 1.29 is 80.5 Å². The molecule has 1 unspecified atom stereocenters. The van der Waals surface area contributed by atoms with E-state index in [2.05, 4.69) is 72.3 Å². The van der Waals surface area contributed by atoms with E-state index in [1.54, 1.807) is 44.2 Å². The Hall–Kier alpha value is -7.02. The van der Waals surface area contributed by atoms with Crippen molar-refractivity contribution in [2.75, 3.05) is 39.3 Å². The number of amides is 11. The fourth-order valence-corrected chi connectivity index (χ4v) is 9.12. The van der Waals surface area contributed by atoms with Crippen LogP contribution in [0.25, 0.3) is 0 Å². The normalized spacial score (nSPS) is 22.3. The van der Waals surface area contributed by atoms with E-state index >= 15 is 0 Å². The van der Waals surface area contributed by atoms with Crippen LogP contribution in [0.5, 0.6) is 0 Å². The molecule has 2 rings (SSSR count). The van der Waals surface area contributed by atoms with Gasteiger partial charge in [0.25, 0.3) is 0 Å². The number of hydrogen-bond acceptors (Lipinski definition) is 20. The lowest BCUT2D eigenvalue weighted by Gasteiger charge is -2.29. The lowest BCUT2D eigenvalue weighted by atomic mass is 10.00. The SMILES string of the molecule is CCC(C)CCCCC(=O)N[C@@H](CCN)C(=O)N[C@H](C(=O)N[C@@H](CCN)C(=O)N[C@H]1CCNC(=O)[C@H]([C@@H](C)O)NC(=O)[C@H](CCN)NC(=O)[C@H](CCN)NC(=O)[C@H](CC(C)C)NC(=O)[C@@H](Cc2ccccc2)NC(=O)[C@@H](CCN)NC1=O)[C@@H](C)O.O=S(=O)(O)O. The molecule has 1 aliphatic heterocycles. The molecule has 25 N–H and O–H groups in total. The predicted molar refractivity (Wildman–Crippen MR) is 330 cm³/mol. The van der Waals surface area contributed by atoms with Crippen molar-refractivity contribution in [1.29, 1.82) is 0 Å². The van der Waals surface area contributed by atoms with Gasteiger partial charge in [-0.2, -0.15) is 8.42 Å². The minimum atomic E-state index is -4.67. The third-order valence-corrected chi connectivity index (χ3v) is 14.3. The van der Waals surface area contributed by atoms with Gasteiger partial charge in [0.15, 0.2) is 0 Å². The average Bonchev–Trinajstić information content (AvgIpc) is 1.33. The first-order chi connectivity index (χ1) is 42.3. The highest BCUT2D eigenvalue weighted by Gasteiger charge is 2.37. The number of aliphatic hydroxyl groups is 2. The summed E-state index contributed by atoms with van der Waals surface area (Å²) in [7, 11) is -4.67. The van der Waals surface area contributed by atoms with E-state index in [1.165, 1.54) is 13.8 Å². The van der Waals surface area contributed by atoms with Gasteiger partial charge in [-0.1, -0.05) is 77.3 Å². The van der Waals surface area contributed by atoms with Crippen LogP contribution in [0, 0.1) is 11.8 Å². The number of carbonyl (C=O) groups excluding carboxylic acids is 11. The van der Waals surface area contributed by atoms with E-state index in [0.717, 1.165) is 19.3 Å². The van der Waals surface area contributed by atoms with Gasteiger partial charge in [0.05, 0.1) is 12.2 Å². The number of benzene rings is 1. The first kappa shape index (κ1) is 81.0. The van der Waals surface area contributed by atoms with Crippen LogP contribution in [0.3, 0.4) is 0 Å². The number of hydrogen-bond donors (Lipinski definition) is 20. The summed E-state index contributed by atoms with van der Waals surface area (Å²) in [4.78, 5) is 154. The molecule has 0 spiro atoms. The zero-order valence-electron chi connectivity index (χ0n) is 52.3. The average molecular weight is 1300 g/mol. The third-order valence-electron chi connectivity index (χ3n) is 14.3. The Labute approximate surface area is 525 Å². The highest BCUT2D eigenvalue weighted by molar-refractivity contribution is 7.79. The zero-order valence-corrected chi connectivity index (χ0v) is 53.1. The van der Waals surface area contributed by atoms with Crippen LogP contribution in [0.15, 0.2) is 30.3 Å². The highest BCUT2D eigenvalue weighted by atomic mass is 32.3. The standard InChI is InChI=1S/C56H98N16O13.H2O4S/c1-7-32(4)13-11-12-16-44(75)63-36(17-23-57)51(80)72-46(34(6)74)56(85)68-39(20-26-60)48(77)67-41-22-28-62-55(84)45(33(5)73)71-52(81)40(21-27-61)65-47(76)37(18-24-58)66-53(82)42(29-31(2)3)69-54(83)43(30-35-14-9-8-10-15-35)70-49(78)38(19-25-59)64-50(41)79;1-5(2,3)4/h8-10,14-15,31-34,36-43,45-46,73-74H,7,11-13,16-30,57-61H2,1-6H3,(H,62,84)(H,63,75)(H,64,79)(H,65,76)(H,66,82)(H,67,77)(H,68,85)(H,69,83)(H,70,78)(H,71,81)(H,72,80);(H2,1,2,3,4)/t32?,33-,34-,36+,37+,38-,39+,40+,41+,42+,43-,45+,46+;/m1./s1. The van der Waals surface area contributed by atoms with Crippen LogP contribution in [-0.2, 0) is 69.6 Å². The van der Waals surface area contributed by atoms with Crippen LogP contribution >= 0.6 is 0 Å². The first-order valence-corrected chi connectivity index (χ1v) is 31.6. The smallest absolute Gasteiger partial charge is 0.391 e. The van der Waals surface area contributed by atoms with Gasteiger partial charge in [-0.25, -0.2) is 0 Å². The number of nitrogens with one attached hydrogen (secondary N) is 11. The predicted octanol–water partition coefficient (Wildman–Crippen LogP) is -5.90. The van der Waals surface area contributed by atoms with Crippen molar-refractivity contribution in [3.63, 3.8) is 0 Å². The first-order valence-electron chi connectivity index (χ1n) is 30.2. The molecule has 33 nitrogen and oxygen atoms in total. The van der Waals surface area contributed by atoms with E-state index in [-0.39, 0.29) is 90.0 Å². The molecular weight excluding hydrogens is 1200 g/mol. The highest BCUT2D eigenvalue weighted by Crippen LogP contribution is 2.14. The Morgan fingerprint density at radius 2 is 1.04 bits per heavy atom. The number of rotatable bonds is 29. The van der Waals surface area contributed by atoms with Crippen LogP contribution in [0.2, 0.25) is 0 Å². The van der Waals surface area contributed by atoms with Crippen molar-refractivity contribution >= 4 is 75.4 Å². The Bertz CT molecular complexity index is 2560. The van der Waals surface area contributed by atoms with Gasteiger partial charge >= 0.3 is 10.4 Å². The molecule has 1 saturated heterocycles. The number of unbranched alkanes of at least 4 members (excludes halogenated alkanes) is 1. The summed E-state index contributed by atoms with van der Waals surface area (Å²) in [6.07, 6.45) is -1.05. The van der Waals surface area contributed by atoms with Crippen LogP contribution in [-0.4, -0.2) is 205 Å². The summed E-state index contributed by atoms with van der Waals surface area (Å²) >= 11 is 0. The van der Waals surface area contributed by atoms with Gasteiger partial charge in [0, 0.05) is 19.4 Å². The molecule has 512 valence electrons. The monoisotopic (exact) mass is 1300 g/mol. The zero-order chi connectivity index (χ0) is 68.3. The van der Waals surface area contributed by atoms with E-state index in [4.69, 9.17) is 46.2 Å². The molecule has 1 fully saturated rings. The van der Waals surface area contributed by atoms with E-state index in [1.807, 2.05) is 0 Å². The minimum absolute atomic E-state index is 0.0173. The summed E-state index contributed by atoms with van der Waals surface area (Å²) in [5, 5.41) is 49.7. The van der Waals surface area contributed by atoms with Gasteiger partial charge in [-0.3, -0.25) is 61.8 Å². The fraction of sp³-hybridized carbons (Fsp3) is 0.696. The summed E-state index contributed by atoms with van der Waals surface area (Å²) in [6.45, 7) is 9.00. The number of aliphatic hydroxyl groups excluding tert-OH is 2. The minimum Gasteiger partial charge on any atom is -0.391 e. The molecule has 11 amide bonds. The molecule has 13 atom stereocenters. The van der Waals surface area contributed by atoms with E-state index in [9.17, 15) is 63.0 Å². The molecule has 0 radical (unpaired) electrons. The molecule has 90 heavy (non-hydrogen) atoms. The molecule has 1 aromatic carbocycles. The molecule has 0 aliphatic carbocycles. The molecule has 0 aromatic heterocycles. The Morgan fingerprint density at radius 1 is 0.578 bits per heavy atom. The van der Waals surface area contributed by atoms with Crippen molar-refractivity contribution in [3.8, 4) is 0 Å². The van der Waals surface area contributed by atoms with Crippen LogP contribution in [0.4, 0.5) is 0 Å². The Balaban J connectivity index is 0.00000776. The van der Waals surface area contributed by atoms with Gasteiger partial charge in [-0.05, 0) is 115 Å². The number of carbonyl (C=O) groups is 11. The molecule has 34 heteroatoms. The maximum atomic E-state index is 14.5. The Kier molecular flexibility index (Phi) is 38.6. The second-order valence-electron chi connectivity index (χ2n) is 22.5. The second kappa shape index (κ2) is 42.9. The lowest BCUT2D eigenvalue weighted by Crippen LogP contribution is -2.62. The summed E-state index contributed by atoms with van der Waals surface area (Å²) in [5.41, 5.74) is 29.9. The van der Waals surface area contributed by atoms with Crippen molar-refractivity contribution in [3.05, 3.63) is 35.9 Å². The van der Waals surface area contributed by atoms with Gasteiger partial charge in [0.1, 0.15) is 60.4 Å². The molecular formula is C56H100N16O17S. The maximum absolute atomic E-state index is 14.5. The summed E-state index contributed by atoms with van der Waals surface area (Å²) in [5.74, 6) is -9.45. The summed E-state index contributed by atoms with van der Waals surface area (Å²) < 4.78 is 31.6. The molecule has 1 aromatic rings.